The standard InChI is InChI=1S/C11H16N4OS2/c12-15-10-1-2-13-6-9(10)11(16)14-5-8-7-17-3-4-18-8/h1-2,6,8H,3-5,7,12H2,(H,13,15)(H,14,16). The van der Waals surface area contributed by atoms with Crippen LogP contribution in [0.2, 0.25) is 0 Å². The lowest BCUT2D eigenvalue weighted by molar-refractivity contribution is 0.0954. The Bertz CT molecular complexity index is 410. The molecular formula is C11H16N4OS2. The van der Waals surface area contributed by atoms with Gasteiger partial charge in [0, 0.05) is 41.4 Å². The molecule has 2 rings (SSSR count). The van der Waals surface area contributed by atoms with Crippen LogP contribution in [-0.2, 0) is 0 Å². The molecule has 4 N–H and O–H groups in total. The number of hydrazine groups is 1. The van der Waals surface area contributed by atoms with E-state index in [1.54, 1.807) is 12.3 Å². The third kappa shape index (κ3) is 3.54. The number of amides is 1. The van der Waals surface area contributed by atoms with Crippen LogP contribution in [0.3, 0.4) is 0 Å². The van der Waals surface area contributed by atoms with Crippen LogP contribution in [-0.4, -0.2) is 39.9 Å². The summed E-state index contributed by atoms with van der Waals surface area (Å²) in [4.78, 5) is 15.9. The van der Waals surface area contributed by atoms with Crippen molar-refractivity contribution in [1.82, 2.24) is 10.3 Å². The highest BCUT2D eigenvalue weighted by atomic mass is 32.2. The van der Waals surface area contributed by atoms with E-state index >= 15 is 0 Å². The van der Waals surface area contributed by atoms with E-state index in [0.717, 1.165) is 11.5 Å². The van der Waals surface area contributed by atoms with Crippen LogP contribution in [0.5, 0.6) is 0 Å². The summed E-state index contributed by atoms with van der Waals surface area (Å²) in [6.45, 7) is 0.690. The van der Waals surface area contributed by atoms with Crippen molar-refractivity contribution in [2.45, 2.75) is 5.25 Å². The van der Waals surface area contributed by atoms with E-state index in [9.17, 15) is 4.79 Å². The van der Waals surface area contributed by atoms with Gasteiger partial charge in [0.2, 0.25) is 0 Å². The van der Waals surface area contributed by atoms with Crippen molar-refractivity contribution in [3.63, 3.8) is 0 Å². The first-order valence-electron chi connectivity index (χ1n) is 5.69. The number of nitrogens with one attached hydrogen (secondary N) is 2. The smallest absolute Gasteiger partial charge is 0.255 e. The van der Waals surface area contributed by atoms with Crippen LogP contribution < -0.4 is 16.6 Å². The zero-order valence-electron chi connectivity index (χ0n) is 9.89. The second kappa shape index (κ2) is 6.86. The second-order valence-corrected chi connectivity index (χ2v) is 6.40. The van der Waals surface area contributed by atoms with Crippen molar-refractivity contribution in [1.29, 1.82) is 0 Å². The lowest BCUT2D eigenvalue weighted by atomic mass is 10.2. The fourth-order valence-corrected chi connectivity index (χ4v) is 4.27. The van der Waals surface area contributed by atoms with Gasteiger partial charge in [0.1, 0.15) is 0 Å². The van der Waals surface area contributed by atoms with Crippen molar-refractivity contribution in [3.8, 4) is 0 Å². The number of thioether (sulfide) groups is 2. The van der Waals surface area contributed by atoms with E-state index in [2.05, 4.69) is 15.7 Å². The van der Waals surface area contributed by atoms with E-state index in [1.165, 1.54) is 11.9 Å². The summed E-state index contributed by atoms with van der Waals surface area (Å²) in [5.41, 5.74) is 3.58. The van der Waals surface area contributed by atoms with Gasteiger partial charge in [-0.05, 0) is 6.07 Å². The minimum absolute atomic E-state index is 0.132. The fourth-order valence-electron chi connectivity index (χ4n) is 1.66. The van der Waals surface area contributed by atoms with E-state index < -0.39 is 0 Å². The van der Waals surface area contributed by atoms with Crippen LogP contribution in [0.4, 0.5) is 5.69 Å². The van der Waals surface area contributed by atoms with Crippen molar-refractivity contribution >= 4 is 35.1 Å². The molecule has 2 heterocycles. The number of rotatable bonds is 4. The minimum atomic E-state index is -0.132. The summed E-state index contributed by atoms with van der Waals surface area (Å²) < 4.78 is 0. The van der Waals surface area contributed by atoms with Crippen LogP contribution in [0.1, 0.15) is 10.4 Å². The molecule has 1 atom stereocenters. The number of anilines is 1. The maximum Gasteiger partial charge on any atom is 0.255 e. The van der Waals surface area contributed by atoms with Gasteiger partial charge >= 0.3 is 0 Å². The van der Waals surface area contributed by atoms with Gasteiger partial charge in [-0.25, -0.2) is 0 Å². The maximum atomic E-state index is 12.0. The number of hydrogen-bond acceptors (Lipinski definition) is 6. The van der Waals surface area contributed by atoms with Crippen LogP contribution in [0.15, 0.2) is 18.5 Å². The number of nitrogens with two attached hydrogens (primary N) is 1. The van der Waals surface area contributed by atoms with Gasteiger partial charge in [0.05, 0.1) is 11.3 Å². The molecule has 1 unspecified atom stereocenters. The summed E-state index contributed by atoms with van der Waals surface area (Å²) in [5.74, 6) is 8.69. The monoisotopic (exact) mass is 284 g/mol. The molecule has 18 heavy (non-hydrogen) atoms. The molecule has 1 aromatic rings. The molecule has 1 aliphatic rings. The minimum Gasteiger partial charge on any atom is -0.351 e. The highest BCUT2D eigenvalue weighted by molar-refractivity contribution is 8.06. The predicted molar refractivity (Wildman–Crippen MR) is 78.0 cm³/mol. The Morgan fingerprint density at radius 1 is 1.56 bits per heavy atom. The molecule has 1 amide bonds. The average Bonchev–Trinajstić information content (AvgIpc) is 2.45. The van der Waals surface area contributed by atoms with Crippen molar-refractivity contribution < 1.29 is 4.79 Å². The van der Waals surface area contributed by atoms with Crippen molar-refractivity contribution in [2.75, 3.05) is 29.2 Å². The van der Waals surface area contributed by atoms with Crippen molar-refractivity contribution in [3.05, 3.63) is 24.0 Å². The number of nitrogen functional groups attached to an aromatic ring is 1. The third-order valence-corrected chi connectivity index (χ3v) is 5.44. The van der Waals surface area contributed by atoms with Gasteiger partial charge in [-0.1, -0.05) is 0 Å². The molecule has 1 fully saturated rings. The van der Waals surface area contributed by atoms with Crippen LogP contribution in [0.25, 0.3) is 0 Å². The summed E-state index contributed by atoms with van der Waals surface area (Å²) in [6.07, 6.45) is 3.12. The van der Waals surface area contributed by atoms with E-state index in [1.807, 2.05) is 23.5 Å². The van der Waals surface area contributed by atoms with Gasteiger partial charge < -0.3 is 10.7 Å². The molecular weight excluding hydrogens is 268 g/mol. The molecule has 1 aromatic heterocycles. The topological polar surface area (TPSA) is 80.0 Å². The summed E-state index contributed by atoms with van der Waals surface area (Å²) in [5, 5.41) is 3.43. The fraction of sp³-hybridized carbons (Fsp3) is 0.455. The van der Waals surface area contributed by atoms with E-state index in [0.29, 0.717) is 23.0 Å². The number of carbonyl (C=O) groups excluding carboxylic acids is 1. The Morgan fingerprint density at radius 2 is 2.44 bits per heavy atom. The highest BCUT2D eigenvalue weighted by Crippen LogP contribution is 2.23. The number of hydrogen-bond donors (Lipinski definition) is 3. The lowest BCUT2D eigenvalue weighted by Crippen LogP contribution is -2.34. The molecule has 0 spiro atoms. The summed E-state index contributed by atoms with van der Waals surface area (Å²) >= 11 is 3.86. The van der Waals surface area contributed by atoms with Crippen molar-refractivity contribution in [2.24, 2.45) is 5.84 Å². The number of carbonyl (C=O) groups is 1. The molecule has 0 aromatic carbocycles. The predicted octanol–water partition coefficient (Wildman–Crippen LogP) is 0.946. The normalized spacial score (nSPS) is 19.3. The Morgan fingerprint density at radius 3 is 3.17 bits per heavy atom. The molecule has 5 nitrogen and oxygen atoms in total. The van der Waals surface area contributed by atoms with Crippen LogP contribution in [0, 0.1) is 0 Å². The molecule has 0 aliphatic carbocycles. The first-order valence-corrected chi connectivity index (χ1v) is 7.90. The Labute approximate surface area is 115 Å². The molecule has 7 heteroatoms. The lowest BCUT2D eigenvalue weighted by Gasteiger charge is -2.21. The Kier molecular flexibility index (Phi) is 5.15. The zero-order chi connectivity index (χ0) is 12.8. The molecule has 1 aliphatic heterocycles. The summed E-state index contributed by atoms with van der Waals surface area (Å²) in [6, 6.07) is 1.68. The first kappa shape index (κ1) is 13.5. The molecule has 0 radical (unpaired) electrons. The zero-order valence-corrected chi connectivity index (χ0v) is 11.5. The molecule has 0 bridgehead atoms. The van der Waals surface area contributed by atoms with Crippen LogP contribution >= 0.6 is 23.5 Å². The number of pyridine rings is 1. The maximum absolute atomic E-state index is 12.0. The molecule has 1 saturated heterocycles. The molecule has 0 saturated carbocycles. The Hall–Kier alpha value is -0.920. The largest absolute Gasteiger partial charge is 0.351 e. The molecule has 98 valence electrons. The first-order chi connectivity index (χ1) is 8.81. The number of nitrogens with zero attached hydrogens (tertiary/aromatic N) is 1. The quantitative estimate of drug-likeness (QED) is 0.564. The highest BCUT2D eigenvalue weighted by Gasteiger charge is 2.17. The SMILES string of the molecule is NNc1ccncc1C(=O)NCC1CSCCS1. The van der Waals surface area contributed by atoms with Gasteiger partial charge in [-0.3, -0.25) is 15.6 Å². The van der Waals surface area contributed by atoms with Gasteiger partial charge in [-0.2, -0.15) is 23.5 Å². The van der Waals surface area contributed by atoms with E-state index in [-0.39, 0.29) is 5.91 Å². The third-order valence-electron chi connectivity index (χ3n) is 2.60. The van der Waals surface area contributed by atoms with E-state index in [4.69, 9.17) is 5.84 Å². The van der Waals surface area contributed by atoms with Gasteiger partial charge in [0.15, 0.2) is 0 Å². The number of aromatic nitrogens is 1. The summed E-state index contributed by atoms with van der Waals surface area (Å²) in [7, 11) is 0. The van der Waals surface area contributed by atoms with Gasteiger partial charge in [0.25, 0.3) is 5.91 Å². The van der Waals surface area contributed by atoms with Gasteiger partial charge in [-0.15, -0.1) is 0 Å². The average molecular weight is 284 g/mol. The Balaban J connectivity index is 1.90. The second-order valence-electron chi connectivity index (χ2n) is 3.84.